The van der Waals surface area contributed by atoms with Crippen molar-refractivity contribution in [1.29, 1.82) is 0 Å². The Balaban J connectivity index is 2.38. The first-order valence-electron chi connectivity index (χ1n) is 5.66. The average Bonchev–Trinajstić information content (AvgIpc) is 2.90. The van der Waals surface area contributed by atoms with Crippen molar-refractivity contribution >= 4 is 39.1 Å². The molecule has 0 bridgehead atoms. The van der Waals surface area contributed by atoms with E-state index in [2.05, 4.69) is 4.74 Å². The molecule has 0 aliphatic carbocycles. The van der Waals surface area contributed by atoms with Crippen LogP contribution in [-0.2, 0) is 19.8 Å². The van der Waals surface area contributed by atoms with Gasteiger partial charge in [-0.05, 0) is 13.0 Å². The first kappa shape index (κ1) is 14.9. The summed E-state index contributed by atoms with van der Waals surface area (Å²) in [7, 11) is -3.57. The summed E-state index contributed by atoms with van der Waals surface area (Å²) in [6.07, 6.45) is -0.422. The molecule has 110 valence electrons. The van der Waals surface area contributed by atoms with Gasteiger partial charge in [0.15, 0.2) is 0 Å². The van der Waals surface area contributed by atoms with Crippen molar-refractivity contribution in [2.24, 2.45) is 0 Å². The van der Waals surface area contributed by atoms with E-state index in [0.29, 0.717) is 0 Å². The van der Waals surface area contributed by atoms with Gasteiger partial charge in [-0.3, -0.25) is 4.79 Å². The molecule has 2 rings (SSSR count). The van der Waals surface area contributed by atoms with Gasteiger partial charge in [0.05, 0.1) is 12.8 Å². The number of aryl methyl sites for hydroxylation is 1. The largest absolute Gasteiger partial charge is 0.465 e. The van der Waals surface area contributed by atoms with Gasteiger partial charge in [-0.15, -0.1) is 15.2 Å². The third-order valence-corrected chi connectivity index (χ3v) is 5.12. The number of hydrogen-bond acceptors (Lipinski definition) is 6. The number of thiophene rings is 1. The molecule has 1 atom stereocenters. The summed E-state index contributed by atoms with van der Waals surface area (Å²) in [4.78, 5) is 25.6. The van der Waals surface area contributed by atoms with Gasteiger partial charge in [-0.25, -0.2) is 4.79 Å². The number of nitrogens with zero attached hydrogens (tertiary/aromatic N) is 1. The Morgan fingerprint density at radius 3 is 2.70 bits per heavy atom. The Kier molecular flexibility index (Phi) is 3.83. The van der Waals surface area contributed by atoms with E-state index in [0.717, 1.165) is 21.1 Å². The fraction of sp³-hybridized carbons (Fsp3) is 0.455. The van der Waals surface area contributed by atoms with Gasteiger partial charge in [0.25, 0.3) is 0 Å². The van der Waals surface area contributed by atoms with E-state index in [1.165, 1.54) is 7.11 Å². The maximum atomic E-state index is 13.0. The zero-order chi connectivity index (χ0) is 15.1. The number of amides is 1. The van der Waals surface area contributed by atoms with Crippen molar-refractivity contribution in [1.82, 2.24) is 0 Å². The van der Waals surface area contributed by atoms with E-state index >= 15 is 0 Å². The van der Waals surface area contributed by atoms with Crippen LogP contribution in [0.1, 0.15) is 21.0 Å². The minimum atomic E-state index is -4.78. The molecule has 0 aromatic carbocycles. The predicted octanol–water partition coefficient (Wildman–Crippen LogP) is 1.25. The molecule has 0 radical (unpaired) electrons. The van der Waals surface area contributed by atoms with Crippen LogP contribution in [-0.4, -0.2) is 39.2 Å². The summed E-state index contributed by atoms with van der Waals surface area (Å²) in [5.41, 5.74) is 0.274. The van der Waals surface area contributed by atoms with Crippen LogP contribution < -0.4 is 4.90 Å². The molecular weight excluding hydrogens is 309 g/mol. The lowest BCUT2D eigenvalue weighted by molar-refractivity contribution is -0.117. The van der Waals surface area contributed by atoms with Crippen LogP contribution in [0, 0.1) is 6.92 Å². The van der Waals surface area contributed by atoms with Crippen molar-refractivity contribution in [3.63, 3.8) is 0 Å². The molecule has 9 heteroatoms. The highest BCUT2D eigenvalue weighted by molar-refractivity contribution is 7.87. The van der Waals surface area contributed by atoms with Gasteiger partial charge in [0.1, 0.15) is 10.1 Å². The molecule has 0 N–H and O–H groups in total. The summed E-state index contributed by atoms with van der Waals surface area (Å²) in [5.74, 6) is -1.14. The SMILES string of the molecule is COC(=O)c1sc(C)cc1N1CC(S(=O)(=O)F)CC1=O. The second-order valence-corrected chi connectivity index (χ2v) is 7.24. The lowest BCUT2D eigenvalue weighted by atomic mass is 10.3. The molecule has 1 aliphatic heterocycles. The Morgan fingerprint density at radius 2 is 2.20 bits per heavy atom. The highest BCUT2D eigenvalue weighted by Crippen LogP contribution is 2.34. The first-order valence-corrected chi connectivity index (χ1v) is 7.93. The lowest BCUT2D eigenvalue weighted by Gasteiger charge is -2.15. The topological polar surface area (TPSA) is 80.8 Å². The Labute approximate surface area is 119 Å². The number of rotatable bonds is 3. The monoisotopic (exact) mass is 321 g/mol. The van der Waals surface area contributed by atoms with E-state index in [9.17, 15) is 21.9 Å². The van der Waals surface area contributed by atoms with Crippen molar-refractivity contribution in [3.05, 3.63) is 15.8 Å². The van der Waals surface area contributed by atoms with E-state index < -0.39 is 33.8 Å². The Hall–Kier alpha value is -1.48. The first-order chi connectivity index (χ1) is 9.24. The zero-order valence-corrected chi connectivity index (χ0v) is 12.4. The highest BCUT2D eigenvalue weighted by Gasteiger charge is 2.40. The normalized spacial score (nSPS) is 19.4. The number of methoxy groups -OCH3 is 1. The van der Waals surface area contributed by atoms with E-state index in [1.807, 2.05) is 0 Å². The molecule has 0 saturated carbocycles. The molecule has 6 nitrogen and oxygen atoms in total. The third-order valence-electron chi connectivity index (χ3n) is 2.98. The van der Waals surface area contributed by atoms with Crippen LogP contribution in [0.4, 0.5) is 9.57 Å². The predicted molar refractivity (Wildman–Crippen MR) is 71.2 cm³/mol. The van der Waals surface area contributed by atoms with Crippen LogP contribution in [0.3, 0.4) is 0 Å². The summed E-state index contributed by atoms with van der Waals surface area (Å²) >= 11 is 1.13. The minimum Gasteiger partial charge on any atom is -0.465 e. The summed E-state index contributed by atoms with van der Waals surface area (Å²) in [6.45, 7) is 1.45. The van der Waals surface area contributed by atoms with Crippen molar-refractivity contribution in [2.75, 3.05) is 18.6 Å². The minimum absolute atomic E-state index is 0.204. The van der Waals surface area contributed by atoms with Crippen LogP contribution in [0.15, 0.2) is 6.07 Å². The maximum Gasteiger partial charge on any atom is 0.350 e. The van der Waals surface area contributed by atoms with Crippen molar-refractivity contribution in [2.45, 2.75) is 18.6 Å². The molecule has 2 heterocycles. The molecule has 1 unspecified atom stereocenters. The smallest absolute Gasteiger partial charge is 0.350 e. The van der Waals surface area contributed by atoms with Gasteiger partial charge in [-0.2, -0.15) is 8.42 Å². The zero-order valence-electron chi connectivity index (χ0n) is 10.8. The van der Waals surface area contributed by atoms with Crippen LogP contribution in [0.2, 0.25) is 0 Å². The van der Waals surface area contributed by atoms with Crippen LogP contribution in [0.25, 0.3) is 0 Å². The molecule has 1 amide bonds. The number of esters is 1. The number of halogens is 1. The molecule has 1 aromatic rings. The van der Waals surface area contributed by atoms with Crippen molar-refractivity contribution < 1.29 is 26.6 Å². The molecule has 1 fully saturated rings. The van der Waals surface area contributed by atoms with E-state index in [-0.39, 0.29) is 17.1 Å². The quantitative estimate of drug-likeness (QED) is 0.618. The molecular formula is C11H12FNO5S2. The lowest BCUT2D eigenvalue weighted by Crippen LogP contribution is -2.27. The Bertz CT molecular complexity index is 666. The number of hydrogen-bond donors (Lipinski definition) is 0. The molecule has 1 saturated heterocycles. The summed E-state index contributed by atoms with van der Waals surface area (Å²) in [5, 5.41) is -1.39. The fourth-order valence-corrected chi connectivity index (χ4v) is 3.64. The number of ether oxygens (including phenoxy) is 1. The summed E-state index contributed by atoms with van der Waals surface area (Å²) < 4.78 is 39.4. The van der Waals surface area contributed by atoms with Gasteiger partial charge in [0.2, 0.25) is 5.91 Å². The summed E-state index contributed by atoms with van der Waals surface area (Å²) in [6, 6.07) is 1.59. The molecule has 1 aliphatic rings. The van der Waals surface area contributed by atoms with E-state index in [1.54, 1.807) is 13.0 Å². The maximum absolute atomic E-state index is 13.0. The second kappa shape index (κ2) is 5.13. The molecule has 0 spiro atoms. The number of carbonyl (C=O) groups is 2. The highest BCUT2D eigenvalue weighted by atomic mass is 32.3. The van der Waals surface area contributed by atoms with Crippen molar-refractivity contribution in [3.8, 4) is 0 Å². The van der Waals surface area contributed by atoms with Gasteiger partial charge >= 0.3 is 16.2 Å². The van der Waals surface area contributed by atoms with Crippen LogP contribution in [0.5, 0.6) is 0 Å². The standard InChI is InChI=1S/C11H12FNO5S2/c1-6-3-8(10(19-6)11(15)18-2)13-5-7(4-9(13)14)20(12,16)17/h3,7H,4-5H2,1-2H3. The molecule has 1 aromatic heterocycles. The van der Waals surface area contributed by atoms with Gasteiger partial charge < -0.3 is 9.64 Å². The Morgan fingerprint density at radius 1 is 1.55 bits per heavy atom. The van der Waals surface area contributed by atoms with Gasteiger partial charge in [0, 0.05) is 17.8 Å². The fourth-order valence-electron chi connectivity index (χ4n) is 2.04. The van der Waals surface area contributed by atoms with Crippen LogP contribution >= 0.6 is 11.3 Å². The average molecular weight is 321 g/mol. The third kappa shape index (κ3) is 2.68. The number of anilines is 1. The van der Waals surface area contributed by atoms with Gasteiger partial charge in [-0.1, -0.05) is 0 Å². The second-order valence-electron chi connectivity index (χ2n) is 4.37. The van der Waals surface area contributed by atoms with E-state index in [4.69, 9.17) is 0 Å². The number of carbonyl (C=O) groups excluding carboxylic acids is 2. The molecule has 20 heavy (non-hydrogen) atoms.